The lowest BCUT2D eigenvalue weighted by atomic mass is 9.45. The summed E-state index contributed by atoms with van der Waals surface area (Å²) in [7, 11) is 1.58. The Morgan fingerprint density at radius 1 is 1.41 bits per heavy atom. The van der Waals surface area contributed by atoms with Crippen LogP contribution in [0.3, 0.4) is 0 Å². The van der Waals surface area contributed by atoms with Crippen LogP contribution in [0.4, 0.5) is 0 Å². The zero-order valence-electron chi connectivity index (χ0n) is 20.4. The molecule has 9 heteroatoms. The average Bonchev–Trinajstić information content (AvgIpc) is 3.16. The van der Waals surface area contributed by atoms with E-state index in [4.69, 9.17) is 21.2 Å². The van der Waals surface area contributed by atoms with Gasteiger partial charge in [-0.05, 0) is 71.6 Å². The van der Waals surface area contributed by atoms with Crippen molar-refractivity contribution >= 4 is 40.1 Å². The SMILES string of the molecule is COc1c(CN2O[C@@H](CO)[C@@H](C(C)O)[C@H]2C(=O)N[C@H]2C[C@H]3C[C@@H]([C@@H]2C)C3(C)C)ccc(Cl)c1I. The van der Waals surface area contributed by atoms with Gasteiger partial charge in [0.15, 0.2) is 0 Å². The van der Waals surface area contributed by atoms with Crippen LogP contribution in [0.2, 0.25) is 5.02 Å². The number of nitrogens with one attached hydrogen (secondary N) is 1. The van der Waals surface area contributed by atoms with Crippen molar-refractivity contribution in [3.05, 3.63) is 26.3 Å². The number of nitrogens with zero attached hydrogens (tertiary/aromatic N) is 1. The molecule has 0 radical (unpaired) electrons. The van der Waals surface area contributed by atoms with Gasteiger partial charge >= 0.3 is 0 Å². The number of benzene rings is 1. The molecule has 3 N–H and O–H groups in total. The predicted molar refractivity (Wildman–Crippen MR) is 138 cm³/mol. The lowest BCUT2D eigenvalue weighted by Crippen LogP contribution is -2.62. The first-order valence-corrected chi connectivity index (χ1v) is 13.5. The van der Waals surface area contributed by atoms with Crippen LogP contribution in [0, 0.1) is 32.7 Å². The molecule has 1 aromatic rings. The third kappa shape index (κ3) is 4.47. The molecule has 0 aromatic heterocycles. The molecular weight excluding hydrogens is 571 g/mol. The highest BCUT2D eigenvalue weighted by Gasteiger charge is 2.57. The monoisotopic (exact) mass is 606 g/mol. The molecule has 1 saturated heterocycles. The van der Waals surface area contributed by atoms with Gasteiger partial charge in [-0.3, -0.25) is 9.63 Å². The van der Waals surface area contributed by atoms with Gasteiger partial charge in [0.05, 0.1) is 35.0 Å². The lowest BCUT2D eigenvalue weighted by Gasteiger charge is -2.62. The Hall–Kier alpha value is -0.650. The summed E-state index contributed by atoms with van der Waals surface area (Å²) in [5.41, 5.74) is 1.14. The Labute approximate surface area is 220 Å². The van der Waals surface area contributed by atoms with Crippen molar-refractivity contribution < 1.29 is 24.6 Å². The number of aliphatic hydroxyl groups excluding tert-OH is 2. The van der Waals surface area contributed by atoms with Gasteiger partial charge in [-0.2, -0.15) is 5.06 Å². The molecule has 0 spiro atoms. The summed E-state index contributed by atoms with van der Waals surface area (Å²) < 4.78 is 6.37. The number of rotatable bonds is 7. The van der Waals surface area contributed by atoms with Crippen LogP contribution in [0.5, 0.6) is 5.75 Å². The first-order valence-electron chi connectivity index (χ1n) is 12.0. The molecule has 1 heterocycles. The van der Waals surface area contributed by atoms with Gasteiger partial charge in [-0.15, -0.1) is 0 Å². The van der Waals surface area contributed by atoms with Gasteiger partial charge in [0.25, 0.3) is 0 Å². The van der Waals surface area contributed by atoms with E-state index in [2.05, 4.69) is 48.7 Å². The van der Waals surface area contributed by atoms with E-state index in [1.54, 1.807) is 25.2 Å². The summed E-state index contributed by atoms with van der Waals surface area (Å²) in [6.07, 6.45) is 0.693. The van der Waals surface area contributed by atoms with Crippen LogP contribution >= 0.6 is 34.2 Å². The van der Waals surface area contributed by atoms with E-state index < -0.39 is 24.2 Å². The molecular formula is C25H36ClIN2O5. The maximum atomic E-state index is 13.7. The van der Waals surface area contributed by atoms with Crippen molar-refractivity contribution in [1.29, 1.82) is 0 Å². The molecule has 4 aliphatic rings. The van der Waals surface area contributed by atoms with Crippen molar-refractivity contribution in [1.82, 2.24) is 10.4 Å². The summed E-state index contributed by atoms with van der Waals surface area (Å²) in [5, 5.41) is 26.0. The maximum absolute atomic E-state index is 13.7. The Kier molecular flexibility index (Phi) is 7.78. The molecule has 8 atom stereocenters. The minimum Gasteiger partial charge on any atom is -0.495 e. The molecule has 1 aromatic carbocycles. The number of aliphatic hydroxyl groups is 2. The quantitative estimate of drug-likeness (QED) is 0.411. The molecule has 1 unspecified atom stereocenters. The first kappa shape index (κ1) is 26.4. The highest BCUT2D eigenvalue weighted by molar-refractivity contribution is 14.1. The van der Waals surface area contributed by atoms with Gasteiger partial charge < -0.3 is 20.3 Å². The van der Waals surface area contributed by atoms with E-state index >= 15 is 0 Å². The fourth-order valence-corrected chi connectivity index (χ4v) is 7.46. The van der Waals surface area contributed by atoms with E-state index in [0.717, 1.165) is 15.6 Å². The number of hydrogen-bond acceptors (Lipinski definition) is 6. The predicted octanol–water partition coefficient (Wildman–Crippen LogP) is 3.61. The second-order valence-electron chi connectivity index (χ2n) is 10.8. The first-order chi connectivity index (χ1) is 16.0. The third-order valence-corrected chi connectivity index (χ3v) is 10.4. The molecule has 7 nitrogen and oxygen atoms in total. The molecule has 3 aliphatic carbocycles. The van der Waals surface area contributed by atoms with E-state index in [1.807, 2.05) is 6.07 Å². The van der Waals surface area contributed by atoms with Crippen LogP contribution < -0.4 is 10.1 Å². The third-order valence-electron chi connectivity index (χ3n) is 8.72. The number of ether oxygens (including phenoxy) is 1. The van der Waals surface area contributed by atoms with Crippen molar-refractivity contribution in [3.8, 4) is 5.75 Å². The number of halogens is 2. The standard InChI is InChI=1S/C25H36ClIN2O5/c1-12-16-8-15(25(16,3)4)9-18(12)28-24(32)22-20(13(2)31)19(11-30)34-29(22)10-14-6-7-17(26)21(27)23(14)33-5/h6-7,12-13,15-16,18-20,22,30-31H,8-11H2,1-5H3,(H,28,32)/t12-,13?,15+,16-,18-,19-,20+,22-/m0/s1. The van der Waals surface area contributed by atoms with Crippen LogP contribution in [0.15, 0.2) is 12.1 Å². The van der Waals surface area contributed by atoms with Gasteiger partial charge in [0.2, 0.25) is 5.91 Å². The van der Waals surface area contributed by atoms with Crippen molar-refractivity contribution in [2.75, 3.05) is 13.7 Å². The van der Waals surface area contributed by atoms with Gasteiger partial charge in [-0.1, -0.05) is 38.4 Å². The van der Waals surface area contributed by atoms with Gasteiger partial charge in [-0.25, -0.2) is 0 Å². The second kappa shape index (κ2) is 10.0. The zero-order valence-corrected chi connectivity index (χ0v) is 23.3. The van der Waals surface area contributed by atoms with E-state index in [-0.39, 0.29) is 25.1 Å². The molecule has 1 aliphatic heterocycles. The smallest absolute Gasteiger partial charge is 0.240 e. The summed E-state index contributed by atoms with van der Waals surface area (Å²) >= 11 is 8.40. The normalized spacial score (nSPS) is 35.5. The fourth-order valence-electron chi connectivity index (χ4n) is 6.57. The topological polar surface area (TPSA) is 91.3 Å². The van der Waals surface area contributed by atoms with Crippen LogP contribution in [-0.4, -0.2) is 59.2 Å². The number of methoxy groups -OCH3 is 1. The Balaban J connectivity index is 1.58. The van der Waals surface area contributed by atoms with Crippen LogP contribution in [0.1, 0.15) is 46.1 Å². The molecule has 4 fully saturated rings. The lowest BCUT2D eigenvalue weighted by molar-refractivity contribution is -0.183. The second-order valence-corrected chi connectivity index (χ2v) is 12.3. The molecule has 3 saturated carbocycles. The number of carbonyl (C=O) groups excluding carboxylic acids is 1. The molecule has 190 valence electrons. The summed E-state index contributed by atoms with van der Waals surface area (Å²) in [4.78, 5) is 19.8. The molecule has 5 rings (SSSR count). The number of hydrogen-bond donors (Lipinski definition) is 3. The van der Waals surface area contributed by atoms with E-state index in [0.29, 0.717) is 33.9 Å². The summed E-state index contributed by atoms with van der Waals surface area (Å²) in [6, 6.07) is 3.00. The van der Waals surface area contributed by atoms with E-state index in [9.17, 15) is 15.0 Å². The van der Waals surface area contributed by atoms with E-state index in [1.165, 1.54) is 6.42 Å². The highest BCUT2D eigenvalue weighted by Crippen LogP contribution is 2.61. The fraction of sp³-hybridized carbons (Fsp3) is 0.720. The number of hydroxylamine groups is 2. The van der Waals surface area contributed by atoms with Crippen molar-refractivity contribution in [2.24, 2.45) is 29.1 Å². The van der Waals surface area contributed by atoms with Gasteiger partial charge in [0.1, 0.15) is 17.9 Å². The number of amides is 1. The average molecular weight is 607 g/mol. The number of carbonyl (C=O) groups is 1. The largest absolute Gasteiger partial charge is 0.495 e. The Bertz CT molecular complexity index is 929. The summed E-state index contributed by atoms with van der Waals surface area (Å²) in [5.74, 6) is 1.50. The van der Waals surface area contributed by atoms with Crippen LogP contribution in [0.25, 0.3) is 0 Å². The molecule has 34 heavy (non-hydrogen) atoms. The Morgan fingerprint density at radius 2 is 2.12 bits per heavy atom. The van der Waals surface area contributed by atoms with Crippen LogP contribution in [-0.2, 0) is 16.2 Å². The minimum absolute atomic E-state index is 0.0972. The molecule has 2 bridgehead atoms. The number of fused-ring (bicyclic) bond motifs is 2. The summed E-state index contributed by atoms with van der Waals surface area (Å²) in [6.45, 7) is 8.52. The Morgan fingerprint density at radius 3 is 2.68 bits per heavy atom. The van der Waals surface area contributed by atoms with Crippen molar-refractivity contribution in [2.45, 2.75) is 71.4 Å². The van der Waals surface area contributed by atoms with Crippen molar-refractivity contribution in [3.63, 3.8) is 0 Å². The zero-order chi connectivity index (χ0) is 24.9. The maximum Gasteiger partial charge on any atom is 0.240 e. The van der Waals surface area contributed by atoms with Gasteiger partial charge in [0, 0.05) is 17.5 Å². The highest BCUT2D eigenvalue weighted by atomic mass is 127. The molecule has 1 amide bonds. The minimum atomic E-state index is -0.832.